The lowest BCUT2D eigenvalue weighted by Crippen LogP contribution is -2.48. The first-order valence-electron chi connectivity index (χ1n) is 12.0. The number of rotatable bonds is 4. The Kier molecular flexibility index (Phi) is 5.28. The SMILES string of the molecule is COc1ccc([C@@H]2[C@H](C(C)=O)N3c4ccc(Cl)cc4C=C[C@H]3C23C(=O)c2ccccc2C3=O)cc1OC. The molecule has 186 valence electrons. The minimum atomic E-state index is -1.53. The van der Waals surface area contributed by atoms with Gasteiger partial charge in [0.1, 0.15) is 5.41 Å². The van der Waals surface area contributed by atoms with E-state index >= 15 is 0 Å². The molecule has 6 rings (SSSR count). The molecule has 6 nitrogen and oxygen atoms in total. The van der Waals surface area contributed by atoms with Crippen LogP contribution in [0.3, 0.4) is 0 Å². The summed E-state index contributed by atoms with van der Waals surface area (Å²) in [7, 11) is 3.07. The van der Waals surface area contributed by atoms with Gasteiger partial charge in [-0.05, 0) is 48.4 Å². The number of hydrogen-bond donors (Lipinski definition) is 0. The van der Waals surface area contributed by atoms with Crippen molar-refractivity contribution in [2.75, 3.05) is 19.1 Å². The predicted octanol–water partition coefficient (Wildman–Crippen LogP) is 5.38. The van der Waals surface area contributed by atoms with Gasteiger partial charge in [-0.25, -0.2) is 0 Å². The molecule has 7 heteroatoms. The van der Waals surface area contributed by atoms with Crippen LogP contribution in [0.1, 0.15) is 44.7 Å². The van der Waals surface area contributed by atoms with Gasteiger partial charge in [0.05, 0.1) is 26.3 Å². The summed E-state index contributed by atoms with van der Waals surface area (Å²) in [6.07, 6.45) is 3.76. The van der Waals surface area contributed by atoms with E-state index in [1.54, 1.807) is 49.6 Å². The number of anilines is 1. The van der Waals surface area contributed by atoms with Crippen molar-refractivity contribution in [3.05, 3.63) is 94.0 Å². The van der Waals surface area contributed by atoms with Gasteiger partial charge < -0.3 is 14.4 Å². The largest absolute Gasteiger partial charge is 0.493 e. The van der Waals surface area contributed by atoms with Crippen molar-refractivity contribution in [2.45, 2.75) is 24.9 Å². The molecule has 0 bridgehead atoms. The van der Waals surface area contributed by atoms with Gasteiger partial charge in [-0.2, -0.15) is 0 Å². The second-order valence-corrected chi connectivity index (χ2v) is 10.1. The number of ketones is 3. The maximum absolute atomic E-state index is 14.4. The van der Waals surface area contributed by atoms with Gasteiger partial charge in [-0.1, -0.05) is 54.1 Å². The molecule has 0 saturated carbocycles. The van der Waals surface area contributed by atoms with Crippen LogP contribution in [-0.2, 0) is 4.79 Å². The number of carbonyl (C=O) groups is 3. The standard InChI is InChI=1S/C30H24ClNO5/c1-16(33)27-26(18-8-12-23(36-2)24(15-18)37-3)30(28(34)20-6-4-5-7-21(20)29(30)35)25-13-9-17-14-19(31)10-11-22(17)32(25)27/h4-15,25-27H,1-3H3/t25-,26+,27-/m0/s1. The number of halogens is 1. The summed E-state index contributed by atoms with van der Waals surface area (Å²) in [5.41, 5.74) is 1.48. The highest BCUT2D eigenvalue weighted by molar-refractivity contribution is 6.32. The molecule has 0 unspecified atom stereocenters. The quantitative estimate of drug-likeness (QED) is 0.436. The van der Waals surface area contributed by atoms with E-state index in [2.05, 4.69) is 0 Å². The van der Waals surface area contributed by atoms with Crippen molar-refractivity contribution in [2.24, 2.45) is 5.41 Å². The number of nitrogens with zero attached hydrogens (tertiary/aromatic N) is 1. The Hall–Kier alpha value is -3.90. The van der Waals surface area contributed by atoms with E-state index in [1.165, 1.54) is 14.0 Å². The lowest BCUT2D eigenvalue weighted by Gasteiger charge is -2.37. The van der Waals surface area contributed by atoms with Crippen LogP contribution in [0.2, 0.25) is 5.02 Å². The maximum atomic E-state index is 14.4. The molecule has 0 aromatic heterocycles. The number of carbonyl (C=O) groups excluding carboxylic acids is 3. The van der Waals surface area contributed by atoms with Crippen molar-refractivity contribution in [1.29, 1.82) is 0 Å². The summed E-state index contributed by atoms with van der Waals surface area (Å²) >= 11 is 6.28. The second kappa shape index (κ2) is 8.32. The van der Waals surface area contributed by atoms with Crippen LogP contribution in [0.15, 0.2) is 66.7 Å². The number of Topliss-reactive ketones (excluding diaryl/α,β-unsaturated/α-hetero) is 3. The Balaban J connectivity index is 1.67. The van der Waals surface area contributed by atoms with Gasteiger partial charge in [0.15, 0.2) is 28.8 Å². The first-order chi connectivity index (χ1) is 17.8. The molecule has 3 aromatic rings. The molecule has 0 amide bonds. The lowest BCUT2D eigenvalue weighted by molar-refractivity contribution is -0.118. The molecule has 2 heterocycles. The third-order valence-electron chi connectivity index (χ3n) is 7.95. The fourth-order valence-electron chi connectivity index (χ4n) is 6.52. The Morgan fingerprint density at radius 3 is 2.22 bits per heavy atom. The average molecular weight is 514 g/mol. The van der Waals surface area contributed by atoms with E-state index in [1.807, 2.05) is 35.3 Å². The molecule has 1 spiro atoms. The van der Waals surface area contributed by atoms with Crippen LogP contribution < -0.4 is 14.4 Å². The van der Waals surface area contributed by atoms with E-state index in [0.29, 0.717) is 33.2 Å². The predicted molar refractivity (Wildman–Crippen MR) is 141 cm³/mol. The van der Waals surface area contributed by atoms with Crippen molar-refractivity contribution in [3.63, 3.8) is 0 Å². The molecule has 1 saturated heterocycles. The van der Waals surface area contributed by atoms with E-state index < -0.39 is 23.4 Å². The van der Waals surface area contributed by atoms with E-state index in [-0.39, 0.29) is 17.3 Å². The molecule has 2 aliphatic heterocycles. The summed E-state index contributed by atoms with van der Waals surface area (Å²) in [6, 6.07) is 16.2. The molecule has 3 aromatic carbocycles. The van der Waals surface area contributed by atoms with Crippen LogP contribution in [0.25, 0.3) is 6.08 Å². The van der Waals surface area contributed by atoms with Gasteiger partial charge in [0.25, 0.3) is 0 Å². The fraction of sp³-hybridized carbons (Fsp3) is 0.233. The third kappa shape index (κ3) is 3.02. The summed E-state index contributed by atoms with van der Waals surface area (Å²) in [5.74, 6) is -0.478. The van der Waals surface area contributed by atoms with Crippen LogP contribution in [-0.4, -0.2) is 43.7 Å². The van der Waals surface area contributed by atoms with Gasteiger partial charge in [0, 0.05) is 27.8 Å². The molecule has 3 aliphatic rings. The Morgan fingerprint density at radius 1 is 0.919 bits per heavy atom. The average Bonchev–Trinajstić information content (AvgIpc) is 3.34. The topological polar surface area (TPSA) is 72.9 Å². The smallest absolute Gasteiger partial charge is 0.180 e. The van der Waals surface area contributed by atoms with Gasteiger partial charge in [-0.3, -0.25) is 14.4 Å². The number of fused-ring (bicyclic) bond motifs is 5. The molecule has 3 atom stereocenters. The monoisotopic (exact) mass is 513 g/mol. The zero-order chi connectivity index (χ0) is 26.1. The van der Waals surface area contributed by atoms with Crippen molar-refractivity contribution in [3.8, 4) is 11.5 Å². The summed E-state index contributed by atoms with van der Waals surface area (Å²) in [4.78, 5) is 44.3. The molecular formula is C30H24ClNO5. The third-order valence-corrected chi connectivity index (χ3v) is 8.18. The van der Waals surface area contributed by atoms with Crippen molar-refractivity contribution >= 4 is 40.7 Å². The van der Waals surface area contributed by atoms with Crippen LogP contribution in [0.4, 0.5) is 5.69 Å². The molecule has 1 aliphatic carbocycles. The minimum Gasteiger partial charge on any atom is -0.493 e. The number of ether oxygens (including phenoxy) is 2. The Bertz CT molecular complexity index is 1490. The lowest BCUT2D eigenvalue weighted by atomic mass is 9.64. The summed E-state index contributed by atoms with van der Waals surface area (Å²) in [5, 5.41) is 0.562. The van der Waals surface area contributed by atoms with Crippen LogP contribution in [0.5, 0.6) is 11.5 Å². The van der Waals surface area contributed by atoms with Gasteiger partial charge >= 0.3 is 0 Å². The van der Waals surface area contributed by atoms with Crippen molar-refractivity contribution < 1.29 is 23.9 Å². The fourth-order valence-corrected chi connectivity index (χ4v) is 6.70. The molecule has 1 fully saturated rings. The number of benzene rings is 3. The number of hydrogen-bond acceptors (Lipinski definition) is 6. The first kappa shape index (κ1) is 23.5. The Labute approximate surface area is 219 Å². The molecule has 0 radical (unpaired) electrons. The highest BCUT2D eigenvalue weighted by Crippen LogP contribution is 2.61. The Morgan fingerprint density at radius 2 is 1.59 bits per heavy atom. The molecule has 37 heavy (non-hydrogen) atoms. The zero-order valence-corrected chi connectivity index (χ0v) is 21.3. The van der Waals surface area contributed by atoms with Gasteiger partial charge in [-0.15, -0.1) is 0 Å². The minimum absolute atomic E-state index is 0.144. The van der Waals surface area contributed by atoms with E-state index in [9.17, 15) is 14.4 Å². The first-order valence-corrected chi connectivity index (χ1v) is 12.4. The van der Waals surface area contributed by atoms with E-state index in [4.69, 9.17) is 21.1 Å². The summed E-state index contributed by atoms with van der Waals surface area (Å²) < 4.78 is 11.0. The van der Waals surface area contributed by atoms with Crippen LogP contribution >= 0.6 is 11.6 Å². The number of methoxy groups -OCH3 is 2. The highest BCUT2D eigenvalue weighted by atomic mass is 35.5. The highest BCUT2D eigenvalue weighted by Gasteiger charge is 2.71. The van der Waals surface area contributed by atoms with Crippen molar-refractivity contribution in [1.82, 2.24) is 0 Å². The maximum Gasteiger partial charge on any atom is 0.180 e. The normalized spacial score (nSPS) is 22.6. The van der Waals surface area contributed by atoms with Crippen LogP contribution in [0, 0.1) is 5.41 Å². The summed E-state index contributed by atoms with van der Waals surface area (Å²) in [6.45, 7) is 1.51. The zero-order valence-electron chi connectivity index (χ0n) is 20.5. The molecular weight excluding hydrogens is 490 g/mol. The molecule has 0 N–H and O–H groups in total. The second-order valence-electron chi connectivity index (χ2n) is 9.63. The van der Waals surface area contributed by atoms with E-state index in [0.717, 1.165) is 11.3 Å². The van der Waals surface area contributed by atoms with Gasteiger partial charge in [0.2, 0.25) is 0 Å².